The number of fused-ring (bicyclic) bond motifs is 2. The Hall–Kier alpha value is -3.59. The molecule has 0 fully saturated rings. The Morgan fingerprint density at radius 1 is 1.19 bits per heavy atom. The van der Waals surface area contributed by atoms with Crippen molar-refractivity contribution in [2.24, 2.45) is 0 Å². The van der Waals surface area contributed by atoms with Crippen LogP contribution in [0.4, 0.5) is 10.8 Å². The molecule has 2 aliphatic heterocycles. The van der Waals surface area contributed by atoms with Crippen LogP contribution >= 0.6 is 11.3 Å². The SMILES string of the molecule is Cc1nc(NC(=O)COc2ccc3c(c2)CCC(=O)N3)sc1Cc1ccc2c(c1)OCO2. The summed E-state index contributed by atoms with van der Waals surface area (Å²) < 4.78 is 16.4. The van der Waals surface area contributed by atoms with Crippen LogP contribution in [0.2, 0.25) is 0 Å². The van der Waals surface area contributed by atoms with E-state index in [4.69, 9.17) is 14.2 Å². The molecule has 164 valence electrons. The standard InChI is InChI=1S/C23H21N3O5S/c1-13-20(9-14-2-6-18-19(8-14)31-12-30-18)32-23(24-13)26-22(28)11-29-16-4-5-17-15(10-16)3-7-21(27)25-17/h2,4-6,8,10H,3,7,9,11-12H2,1H3,(H,25,27)(H,24,26,28). The number of hydrogen-bond donors (Lipinski definition) is 2. The van der Waals surface area contributed by atoms with E-state index in [-0.39, 0.29) is 25.2 Å². The summed E-state index contributed by atoms with van der Waals surface area (Å²) in [7, 11) is 0. The number of rotatable bonds is 6. The third-order valence-electron chi connectivity index (χ3n) is 5.28. The van der Waals surface area contributed by atoms with E-state index in [9.17, 15) is 9.59 Å². The zero-order chi connectivity index (χ0) is 22.1. The van der Waals surface area contributed by atoms with Crippen LogP contribution in [0.5, 0.6) is 17.2 Å². The van der Waals surface area contributed by atoms with Gasteiger partial charge in [0.05, 0.1) is 5.69 Å². The van der Waals surface area contributed by atoms with Crippen LogP contribution in [0.25, 0.3) is 0 Å². The van der Waals surface area contributed by atoms with Crippen molar-refractivity contribution < 1.29 is 23.8 Å². The van der Waals surface area contributed by atoms with E-state index in [1.165, 1.54) is 11.3 Å². The van der Waals surface area contributed by atoms with E-state index in [0.717, 1.165) is 38.9 Å². The van der Waals surface area contributed by atoms with E-state index in [1.54, 1.807) is 12.1 Å². The highest BCUT2D eigenvalue weighted by Gasteiger charge is 2.17. The zero-order valence-corrected chi connectivity index (χ0v) is 18.2. The number of nitrogens with one attached hydrogen (secondary N) is 2. The van der Waals surface area contributed by atoms with Crippen molar-refractivity contribution in [3.63, 3.8) is 0 Å². The van der Waals surface area contributed by atoms with Crippen molar-refractivity contribution in [3.05, 3.63) is 58.1 Å². The van der Waals surface area contributed by atoms with Crippen LogP contribution in [-0.4, -0.2) is 30.2 Å². The Morgan fingerprint density at radius 2 is 2.06 bits per heavy atom. The number of carbonyl (C=O) groups excluding carboxylic acids is 2. The van der Waals surface area contributed by atoms with Crippen molar-refractivity contribution in [1.29, 1.82) is 0 Å². The molecule has 5 rings (SSSR count). The molecule has 3 heterocycles. The van der Waals surface area contributed by atoms with Gasteiger partial charge < -0.3 is 19.5 Å². The maximum absolute atomic E-state index is 12.4. The first-order valence-electron chi connectivity index (χ1n) is 10.2. The molecule has 32 heavy (non-hydrogen) atoms. The van der Waals surface area contributed by atoms with Crippen molar-refractivity contribution in [2.45, 2.75) is 26.2 Å². The summed E-state index contributed by atoms with van der Waals surface area (Å²) in [6, 6.07) is 11.3. The third kappa shape index (κ3) is 4.38. The minimum atomic E-state index is -0.278. The molecule has 2 N–H and O–H groups in total. The number of aryl methyl sites for hydroxylation is 2. The van der Waals surface area contributed by atoms with E-state index < -0.39 is 0 Å². The van der Waals surface area contributed by atoms with Gasteiger partial charge in [-0.05, 0) is 54.8 Å². The number of benzene rings is 2. The van der Waals surface area contributed by atoms with Gasteiger partial charge in [0, 0.05) is 23.4 Å². The highest BCUT2D eigenvalue weighted by molar-refractivity contribution is 7.15. The molecule has 0 saturated carbocycles. The molecule has 0 radical (unpaired) electrons. The third-order valence-corrected chi connectivity index (χ3v) is 6.36. The van der Waals surface area contributed by atoms with Gasteiger partial charge in [-0.1, -0.05) is 6.07 Å². The van der Waals surface area contributed by atoms with Crippen LogP contribution in [0.15, 0.2) is 36.4 Å². The molecule has 0 atom stereocenters. The van der Waals surface area contributed by atoms with Gasteiger partial charge in [-0.2, -0.15) is 0 Å². The first-order chi connectivity index (χ1) is 15.5. The topological polar surface area (TPSA) is 98.8 Å². The lowest BCUT2D eigenvalue weighted by Gasteiger charge is -2.17. The van der Waals surface area contributed by atoms with Crippen molar-refractivity contribution in [3.8, 4) is 17.2 Å². The summed E-state index contributed by atoms with van der Waals surface area (Å²) in [5.74, 6) is 1.83. The van der Waals surface area contributed by atoms with Crippen LogP contribution in [-0.2, 0) is 22.4 Å². The van der Waals surface area contributed by atoms with Crippen LogP contribution in [0.3, 0.4) is 0 Å². The summed E-state index contributed by atoms with van der Waals surface area (Å²) in [4.78, 5) is 29.4. The van der Waals surface area contributed by atoms with Gasteiger partial charge in [0.25, 0.3) is 5.91 Å². The number of hydrogen-bond acceptors (Lipinski definition) is 7. The van der Waals surface area contributed by atoms with Crippen molar-refractivity contribution in [2.75, 3.05) is 24.0 Å². The number of carbonyl (C=O) groups is 2. The Kier molecular flexibility index (Phi) is 5.40. The Labute approximate surface area is 188 Å². The first kappa shape index (κ1) is 20.3. The Bertz CT molecular complexity index is 1210. The number of thiazole rings is 1. The molecular formula is C23H21N3O5S. The zero-order valence-electron chi connectivity index (χ0n) is 17.4. The summed E-state index contributed by atoms with van der Waals surface area (Å²) in [6.07, 6.45) is 1.81. The van der Waals surface area contributed by atoms with Gasteiger partial charge in [-0.25, -0.2) is 4.98 Å². The molecule has 9 heteroatoms. The van der Waals surface area contributed by atoms with Crippen molar-refractivity contribution >= 4 is 34.0 Å². The van der Waals surface area contributed by atoms with Crippen LogP contribution in [0.1, 0.15) is 28.1 Å². The number of ether oxygens (including phenoxy) is 3. The van der Waals surface area contributed by atoms with Gasteiger partial charge in [-0.15, -0.1) is 11.3 Å². The molecule has 0 bridgehead atoms. The molecule has 2 amide bonds. The second kappa shape index (κ2) is 8.51. The van der Waals surface area contributed by atoms with Gasteiger partial charge >= 0.3 is 0 Å². The monoisotopic (exact) mass is 451 g/mol. The minimum absolute atomic E-state index is 0.0159. The molecule has 2 aromatic carbocycles. The summed E-state index contributed by atoms with van der Waals surface area (Å²) >= 11 is 1.45. The number of aromatic nitrogens is 1. The Morgan fingerprint density at radius 3 is 2.97 bits per heavy atom. The number of anilines is 2. The first-order valence-corrected chi connectivity index (χ1v) is 11.1. The number of nitrogens with zero attached hydrogens (tertiary/aromatic N) is 1. The predicted octanol–water partition coefficient (Wildman–Crippen LogP) is 3.67. The average molecular weight is 452 g/mol. The fourth-order valence-electron chi connectivity index (χ4n) is 3.64. The maximum Gasteiger partial charge on any atom is 0.264 e. The smallest absolute Gasteiger partial charge is 0.264 e. The fourth-order valence-corrected chi connectivity index (χ4v) is 4.65. The minimum Gasteiger partial charge on any atom is -0.484 e. The summed E-state index contributed by atoms with van der Waals surface area (Å²) in [5.41, 5.74) is 3.77. The molecule has 0 unspecified atom stereocenters. The van der Waals surface area contributed by atoms with Gasteiger partial charge in [0.2, 0.25) is 12.7 Å². The van der Waals surface area contributed by atoms with E-state index in [1.807, 2.05) is 31.2 Å². The maximum atomic E-state index is 12.4. The molecule has 3 aromatic rings. The predicted molar refractivity (Wildman–Crippen MR) is 120 cm³/mol. The van der Waals surface area contributed by atoms with Crippen molar-refractivity contribution in [1.82, 2.24) is 4.98 Å². The number of amides is 2. The lowest BCUT2D eigenvalue weighted by atomic mass is 10.0. The van der Waals surface area contributed by atoms with E-state index in [0.29, 0.717) is 30.1 Å². The molecule has 0 aliphatic carbocycles. The molecule has 8 nitrogen and oxygen atoms in total. The van der Waals surface area contributed by atoms with Gasteiger partial charge in [0.1, 0.15) is 5.75 Å². The lowest BCUT2D eigenvalue weighted by Crippen LogP contribution is -2.21. The molecular weight excluding hydrogens is 430 g/mol. The summed E-state index contributed by atoms with van der Waals surface area (Å²) in [5, 5.41) is 6.18. The largest absolute Gasteiger partial charge is 0.484 e. The molecule has 2 aliphatic rings. The lowest BCUT2D eigenvalue weighted by molar-refractivity contribution is -0.118. The van der Waals surface area contributed by atoms with Gasteiger partial charge in [0.15, 0.2) is 23.2 Å². The second-order valence-electron chi connectivity index (χ2n) is 7.60. The molecule has 0 saturated heterocycles. The normalized spacial score (nSPS) is 14.0. The van der Waals surface area contributed by atoms with Crippen LogP contribution < -0.4 is 24.8 Å². The molecule has 1 aromatic heterocycles. The van der Waals surface area contributed by atoms with E-state index in [2.05, 4.69) is 15.6 Å². The Balaban J connectivity index is 1.18. The molecule has 0 spiro atoms. The highest BCUT2D eigenvalue weighted by atomic mass is 32.1. The average Bonchev–Trinajstić information content (AvgIpc) is 3.38. The van der Waals surface area contributed by atoms with Crippen LogP contribution in [0, 0.1) is 6.92 Å². The van der Waals surface area contributed by atoms with Gasteiger partial charge in [-0.3, -0.25) is 14.9 Å². The summed E-state index contributed by atoms with van der Waals surface area (Å²) in [6.45, 7) is 2.05. The second-order valence-corrected chi connectivity index (χ2v) is 8.68. The fraction of sp³-hybridized carbons (Fsp3) is 0.261. The van der Waals surface area contributed by atoms with E-state index >= 15 is 0 Å². The quantitative estimate of drug-likeness (QED) is 0.593. The highest BCUT2D eigenvalue weighted by Crippen LogP contribution is 2.34.